The van der Waals surface area contributed by atoms with Crippen LogP contribution in [0.4, 0.5) is 11.5 Å². The summed E-state index contributed by atoms with van der Waals surface area (Å²) >= 11 is 0. The minimum Gasteiger partial charge on any atom is -0.484 e. The van der Waals surface area contributed by atoms with Crippen molar-refractivity contribution in [2.24, 2.45) is 0 Å². The van der Waals surface area contributed by atoms with Crippen LogP contribution in [0.3, 0.4) is 0 Å². The number of rotatable bonds is 7. The van der Waals surface area contributed by atoms with E-state index in [1.54, 1.807) is 24.4 Å². The molecule has 1 aliphatic heterocycles. The highest BCUT2D eigenvalue weighted by Gasteiger charge is 2.14. The Morgan fingerprint density at radius 3 is 2.83 bits per heavy atom. The Kier molecular flexibility index (Phi) is 5.63. The Morgan fingerprint density at radius 1 is 1.25 bits per heavy atom. The van der Waals surface area contributed by atoms with Gasteiger partial charge in [-0.25, -0.2) is 4.98 Å². The van der Waals surface area contributed by atoms with E-state index in [0.29, 0.717) is 11.6 Å². The Morgan fingerprint density at radius 2 is 2.12 bits per heavy atom. The third-order valence-electron chi connectivity index (χ3n) is 3.70. The molecule has 1 amide bonds. The summed E-state index contributed by atoms with van der Waals surface area (Å²) in [5.41, 5.74) is 0.907. The lowest BCUT2D eigenvalue weighted by Crippen LogP contribution is -2.21. The van der Waals surface area contributed by atoms with Gasteiger partial charge in [-0.05, 0) is 37.1 Å². The summed E-state index contributed by atoms with van der Waals surface area (Å²) in [6.45, 7) is 1.57. The third kappa shape index (κ3) is 4.96. The van der Waals surface area contributed by atoms with E-state index >= 15 is 0 Å². The number of carbonyl (C=O) groups is 1. The van der Waals surface area contributed by atoms with Crippen LogP contribution in [0.2, 0.25) is 0 Å². The van der Waals surface area contributed by atoms with E-state index in [0.717, 1.165) is 31.7 Å². The lowest BCUT2D eigenvalue weighted by Gasteiger charge is -2.12. The van der Waals surface area contributed by atoms with E-state index in [1.807, 2.05) is 24.3 Å². The SMILES string of the molecule is O=C(COc1ccccc1)Nc1ccc(NCC2CCCO2)cn1. The van der Waals surface area contributed by atoms with Crippen LogP contribution in [0.15, 0.2) is 48.7 Å². The second kappa shape index (κ2) is 8.31. The van der Waals surface area contributed by atoms with Crippen LogP contribution >= 0.6 is 0 Å². The van der Waals surface area contributed by atoms with Crippen molar-refractivity contribution in [1.29, 1.82) is 0 Å². The van der Waals surface area contributed by atoms with Crippen molar-refractivity contribution in [3.63, 3.8) is 0 Å². The molecule has 0 radical (unpaired) electrons. The number of hydrogen-bond acceptors (Lipinski definition) is 5. The van der Waals surface area contributed by atoms with Gasteiger partial charge in [0.15, 0.2) is 6.61 Å². The van der Waals surface area contributed by atoms with Crippen molar-refractivity contribution in [3.05, 3.63) is 48.7 Å². The number of ether oxygens (including phenoxy) is 2. The normalized spacial score (nSPS) is 16.6. The van der Waals surface area contributed by atoms with Crippen LogP contribution in [0.5, 0.6) is 5.75 Å². The average Bonchev–Trinajstić information content (AvgIpc) is 3.14. The van der Waals surface area contributed by atoms with Gasteiger partial charge in [0, 0.05) is 13.2 Å². The van der Waals surface area contributed by atoms with E-state index in [-0.39, 0.29) is 18.6 Å². The highest BCUT2D eigenvalue weighted by Crippen LogP contribution is 2.14. The number of hydrogen-bond donors (Lipinski definition) is 2. The number of nitrogens with one attached hydrogen (secondary N) is 2. The van der Waals surface area contributed by atoms with Crippen molar-refractivity contribution in [2.75, 3.05) is 30.4 Å². The second-order valence-electron chi connectivity index (χ2n) is 5.60. The van der Waals surface area contributed by atoms with Gasteiger partial charge in [0.1, 0.15) is 11.6 Å². The van der Waals surface area contributed by atoms with Crippen LogP contribution in [0.25, 0.3) is 0 Å². The number of para-hydroxylation sites is 1. The minimum atomic E-state index is -0.244. The molecule has 1 fully saturated rings. The number of carbonyl (C=O) groups excluding carboxylic acids is 1. The number of aromatic nitrogens is 1. The quantitative estimate of drug-likeness (QED) is 0.818. The first-order valence-corrected chi connectivity index (χ1v) is 8.09. The van der Waals surface area contributed by atoms with Gasteiger partial charge in [0.05, 0.1) is 18.0 Å². The van der Waals surface area contributed by atoms with Crippen LogP contribution in [0, 0.1) is 0 Å². The molecule has 2 N–H and O–H groups in total. The van der Waals surface area contributed by atoms with E-state index < -0.39 is 0 Å². The average molecular weight is 327 g/mol. The molecule has 0 spiro atoms. The standard InChI is InChI=1S/C18H21N3O3/c22-18(13-24-15-5-2-1-3-6-15)21-17-9-8-14(11-20-17)19-12-16-7-4-10-23-16/h1-3,5-6,8-9,11,16,19H,4,7,10,12-13H2,(H,20,21,22). The molecule has 1 saturated heterocycles. The summed E-state index contributed by atoms with van der Waals surface area (Å²) in [5.74, 6) is 0.917. The smallest absolute Gasteiger partial charge is 0.263 e. The van der Waals surface area contributed by atoms with Crippen molar-refractivity contribution in [1.82, 2.24) is 4.98 Å². The Balaban J connectivity index is 1.42. The molecule has 0 saturated carbocycles. The van der Waals surface area contributed by atoms with Gasteiger partial charge in [-0.1, -0.05) is 18.2 Å². The van der Waals surface area contributed by atoms with Gasteiger partial charge in [-0.3, -0.25) is 4.79 Å². The largest absolute Gasteiger partial charge is 0.484 e. The molecule has 1 aliphatic rings. The van der Waals surface area contributed by atoms with Crippen molar-refractivity contribution >= 4 is 17.4 Å². The van der Waals surface area contributed by atoms with Crippen molar-refractivity contribution < 1.29 is 14.3 Å². The Bertz CT molecular complexity index is 640. The molecule has 24 heavy (non-hydrogen) atoms. The highest BCUT2D eigenvalue weighted by atomic mass is 16.5. The topological polar surface area (TPSA) is 72.5 Å². The molecule has 6 nitrogen and oxygen atoms in total. The van der Waals surface area contributed by atoms with Crippen LogP contribution in [-0.4, -0.2) is 36.8 Å². The molecule has 0 aliphatic carbocycles. The molecule has 6 heteroatoms. The molecule has 1 aromatic heterocycles. The van der Waals surface area contributed by atoms with Gasteiger partial charge in [0.25, 0.3) is 5.91 Å². The van der Waals surface area contributed by atoms with E-state index in [2.05, 4.69) is 15.6 Å². The van der Waals surface area contributed by atoms with Gasteiger partial charge in [-0.2, -0.15) is 0 Å². The first-order chi connectivity index (χ1) is 11.8. The second-order valence-corrected chi connectivity index (χ2v) is 5.60. The molecule has 1 unspecified atom stereocenters. The van der Waals surface area contributed by atoms with Gasteiger partial charge in [0.2, 0.25) is 0 Å². The van der Waals surface area contributed by atoms with Crippen molar-refractivity contribution in [3.8, 4) is 5.75 Å². The minimum absolute atomic E-state index is 0.0509. The maximum Gasteiger partial charge on any atom is 0.263 e. The van der Waals surface area contributed by atoms with E-state index in [4.69, 9.17) is 9.47 Å². The van der Waals surface area contributed by atoms with Gasteiger partial charge in [-0.15, -0.1) is 0 Å². The lowest BCUT2D eigenvalue weighted by atomic mass is 10.2. The summed E-state index contributed by atoms with van der Waals surface area (Å²) in [6.07, 6.45) is 4.19. The third-order valence-corrected chi connectivity index (χ3v) is 3.70. The van der Waals surface area contributed by atoms with Crippen LogP contribution in [-0.2, 0) is 9.53 Å². The molecule has 0 bridgehead atoms. The first-order valence-electron chi connectivity index (χ1n) is 8.09. The van der Waals surface area contributed by atoms with Gasteiger partial charge >= 0.3 is 0 Å². The van der Waals surface area contributed by atoms with Crippen LogP contribution in [0.1, 0.15) is 12.8 Å². The molecule has 1 aromatic carbocycles. The van der Waals surface area contributed by atoms with E-state index in [1.165, 1.54) is 0 Å². The summed E-state index contributed by atoms with van der Waals surface area (Å²) in [4.78, 5) is 16.1. The molecular formula is C18H21N3O3. The molecular weight excluding hydrogens is 306 g/mol. The fourth-order valence-electron chi connectivity index (χ4n) is 2.45. The zero-order chi connectivity index (χ0) is 16.6. The zero-order valence-corrected chi connectivity index (χ0v) is 13.4. The number of amides is 1. The predicted octanol–water partition coefficient (Wildman–Crippen LogP) is 2.69. The fraction of sp³-hybridized carbons (Fsp3) is 0.333. The summed E-state index contributed by atoms with van der Waals surface area (Å²) in [5, 5.41) is 6.00. The molecule has 2 heterocycles. The number of nitrogens with zero attached hydrogens (tertiary/aromatic N) is 1. The van der Waals surface area contributed by atoms with Crippen molar-refractivity contribution in [2.45, 2.75) is 18.9 Å². The summed E-state index contributed by atoms with van der Waals surface area (Å²) in [6, 6.07) is 12.9. The maximum absolute atomic E-state index is 11.9. The highest BCUT2D eigenvalue weighted by molar-refractivity contribution is 5.91. The lowest BCUT2D eigenvalue weighted by molar-refractivity contribution is -0.118. The monoisotopic (exact) mass is 327 g/mol. The summed E-state index contributed by atoms with van der Waals surface area (Å²) in [7, 11) is 0. The molecule has 2 aromatic rings. The van der Waals surface area contributed by atoms with Crippen LogP contribution < -0.4 is 15.4 Å². The Labute approximate surface area is 141 Å². The van der Waals surface area contributed by atoms with Gasteiger partial charge < -0.3 is 20.1 Å². The maximum atomic E-state index is 11.9. The fourth-order valence-corrected chi connectivity index (χ4v) is 2.45. The number of pyridine rings is 1. The first kappa shape index (κ1) is 16.3. The van der Waals surface area contributed by atoms with E-state index in [9.17, 15) is 4.79 Å². The molecule has 1 atom stereocenters. The number of anilines is 2. The summed E-state index contributed by atoms with van der Waals surface area (Å²) < 4.78 is 11.0. The number of benzene rings is 1. The molecule has 3 rings (SSSR count). The Hall–Kier alpha value is -2.60. The molecule has 126 valence electrons. The zero-order valence-electron chi connectivity index (χ0n) is 13.4. The predicted molar refractivity (Wildman–Crippen MR) is 92.3 cm³/mol.